The number of halogens is 1. The van der Waals surface area contributed by atoms with E-state index in [1.165, 1.54) is 12.1 Å². The maximum atomic E-state index is 11.0. The first-order valence-electron chi connectivity index (χ1n) is 10.1. The fourth-order valence-electron chi connectivity index (χ4n) is 3.92. The molecule has 5 rings (SSSR count). The molecule has 0 fully saturated rings. The quantitative estimate of drug-likeness (QED) is 0.371. The predicted octanol–water partition coefficient (Wildman–Crippen LogP) is 4.88. The van der Waals surface area contributed by atoms with E-state index in [0.29, 0.717) is 33.0 Å². The molecule has 2 aliphatic heterocycles. The Morgan fingerprint density at radius 3 is 2.68 bits per heavy atom. The van der Waals surface area contributed by atoms with Gasteiger partial charge in [-0.1, -0.05) is 18.2 Å². The van der Waals surface area contributed by atoms with Crippen LogP contribution < -0.4 is 24.7 Å². The smallest absolute Gasteiger partial charge is 0.269 e. The molecule has 170 valence electrons. The van der Waals surface area contributed by atoms with Gasteiger partial charge in [-0.3, -0.25) is 10.1 Å². The summed E-state index contributed by atoms with van der Waals surface area (Å²) in [6.45, 7) is 0.262. The molecule has 2 heterocycles. The number of fused-ring (bicyclic) bond motifs is 2. The number of hydrogen-bond acceptors (Lipinski definition) is 8. The molecule has 3 aromatic rings. The molecule has 10 heteroatoms. The van der Waals surface area contributed by atoms with Crippen LogP contribution in [0.1, 0.15) is 22.6 Å². The fraction of sp³-hybridized carbons (Fsp3) is 0.125. The second kappa shape index (κ2) is 8.61. The van der Waals surface area contributed by atoms with Gasteiger partial charge in [0, 0.05) is 23.8 Å². The van der Waals surface area contributed by atoms with Crippen molar-refractivity contribution < 1.29 is 23.9 Å². The Kier molecular flexibility index (Phi) is 5.47. The normalized spacial score (nSPS) is 15.8. The Labute approximate surface area is 202 Å². The van der Waals surface area contributed by atoms with Crippen LogP contribution in [0.2, 0.25) is 0 Å². The largest absolute Gasteiger partial charge is 0.488 e. The van der Waals surface area contributed by atoms with Gasteiger partial charge >= 0.3 is 0 Å². The first-order chi connectivity index (χ1) is 16.4. The Balaban J connectivity index is 1.45. The van der Waals surface area contributed by atoms with Crippen molar-refractivity contribution in [1.29, 1.82) is 5.26 Å². The number of hydrogen-bond donors (Lipinski definition) is 1. The van der Waals surface area contributed by atoms with Gasteiger partial charge in [0.25, 0.3) is 5.69 Å². The fourth-order valence-corrected chi connectivity index (χ4v) is 4.44. The summed E-state index contributed by atoms with van der Waals surface area (Å²) < 4.78 is 23.2. The van der Waals surface area contributed by atoms with Gasteiger partial charge in [-0.2, -0.15) is 5.26 Å². The number of nitro benzene ring substituents is 1. The van der Waals surface area contributed by atoms with Gasteiger partial charge in [0.2, 0.25) is 12.7 Å². The number of ether oxygens (including phenoxy) is 4. The molecule has 0 unspecified atom stereocenters. The molecule has 2 N–H and O–H groups in total. The number of nitro groups is 1. The molecule has 0 saturated carbocycles. The number of benzene rings is 3. The number of non-ortho nitro benzene ring substituents is 1. The monoisotopic (exact) mass is 521 g/mol. The summed E-state index contributed by atoms with van der Waals surface area (Å²) in [7, 11) is 0. The van der Waals surface area contributed by atoms with Crippen molar-refractivity contribution >= 4 is 21.6 Å². The zero-order valence-corrected chi connectivity index (χ0v) is 19.1. The molecule has 0 saturated heterocycles. The lowest BCUT2D eigenvalue weighted by molar-refractivity contribution is -0.384. The molecule has 9 nitrogen and oxygen atoms in total. The lowest BCUT2D eigenvalue weighted by Gasteiger charge is -2.27. The molecule has 0 aromatic heterocycles. The highest BCUT2D eigenvalue weighted by Crippen LogP contribution is 2.48. The van der Waals surface area contributed by atoms with Gasteiger partial charge in [0.1, 0.15) is 29.7 Å². The molecule has 0 radical (unpaired) electrons. The van der Waals surface area contributed by atoms with E-state index >= 15 is 0 Å². The minimum atomic E-state index is -0.481. The van der Waals surface area contributed by atoms with Crippen LogP contribution in [0.3, 0.4) is 0 Å². The molecular weight excluding hydrogens is 506 g/mol. The van der Waals surface area contributed by atoms with E-state index in [2.05, 4.69) is 22.0 Å². The number of allylic oxidation sites excluding steroid dienone is 1. The van der Waals surface area contributed by atoms with Crippen molar-refractivity contribution in [3.63, 3.8) is 0 Å². The zero-order valence-electron chi connectivity index (χ0n) is 17.5. The Morgan fingerprint density at radius 1 is 1.15 bits per heavy atom. The van der Waals surface area contributed by atoms with Gasteiger partial charge in [0.05, 0.1) is 15.3 Å². The molecule has 3 aromatic carbocycles. The predicted molar refractivity (Wildman–Crippen MR) is 123 cm³/mol. The summed E-state index contributed by atoms with van der Waals surface area (Å²) in [5.74, 6) is 1.71. The SMILES string of the molecule is N#CC1=C(N)Oc2cc3c(cc2[C@@H]1c1ccc(OCc2cccc([N+](=O)[O-])c2)c(Br)c1)OCO3. The summed E-state index contributed by atoms with van der Waals surface area (Å²) >= 11 is 3.53. The van der Waals surface area contributed by atoms with E-state index in [9.17, 15) is 15.4 Å². The average molecular weight is 522 g/mol. The minimum Gasteiger partial charge on any atom is -0.488 e. The first-order valence-corrected chi connectivity index (χ1v) is 10.9. The average Bonchev–Trinajstić information content (AvgIpc) is 3.28. The van der Waals surface area contributed by atoms with Gasteiger partial charge < -0.3 is 24.7 Å². The molecule has 0 bridgehead atoms. The van der Waals surface area contributed by atoms with E-state index in [4.69, 9.17) is 24.7 Å². The van der Waals surface area contributed by atoms with Gasteiger partial charge in [-0.25, -0.2) is 0 Å². The lowest BCUT2D eigenvalue weighted by atomic mass is 9.83. The van der Waals surface area contributed by atoms with Crippen LogP contribution in [-0.4, -0.2) is 11.7 Å². The summed E-state index contributed by atoms with van der Waals surface area (Å²) in [5, 5.41) is 20.8. The van der Waals surface area contributed by atoms with Crippen molar-refractivity contribution in [3.8, 4) is 29.1 Å². The van der Waals surface area contributed by atoms with Crippen molar-refractivity contribution in [1.82, 2.24) is 0 Å². The third-order valence-electron chi connectivity index (χ3n) is 5.52. The highest BCUT2D eigenvalue weighted by atomic mass is 79.9. The molecule has 0 spiro atoms. The van der Waals surface area contributed by atoms with Crippen LogP contribution in [0, 0.1) is 21.4 Å². The van der Waals surface area contributed by atoms with E-state index in [0.717, 1.165) is 11.1 Å². The second-order valence-corrected chi connectivity index (χ2v) is 8.43. The maximum absolute atomic E-state index is 11.0. The summed E-state index contributed by atoms with van der Waals surface area (Å²) in [6, 6.07) is 17.4. The number of nitrogens with two attached hydrogens (primary N) is 1. The molecule has 1 atom stereocenters. The van der Waals surface area contributed by atoms with Gasteiger partial charge in [-0.15, -0.1) is 0 Å². The highest BCUT2D eigenvalue weighted by molar-refractivity contribution is 9.10. The number of nitrogens with zero attached hydrogens (tertiary/aromatic N) is 2. The highest BCUT2D eigenvalue weighted by Gasteiger charge is 2.33. The Bertz CT molecular complexity index is 1400. The van der Waals surface area contributed by atoms with Crippen molar-refractivity contribution in [2.24, 2.45) is 5.73 Å². The van der Waals surface area contributed by atoms with Crippen molar-refractivity contribution in [2.45, 2.75) is 12.5 Å². The summed E-state index contributed by atoms with van der Waals surface area (Å²) in [5.41, 5.74) is 8.54. The molecule has 34 heavy (non-hydrogen) atoms. The second-order valence-electron chi connectivity index (χ2n) is 7.57. The van der Waals surface area contributed by atoms with Crippen molar-refractivity contribution in [3.05, 3.63) is 97.3 Å². The summed E-state index contributed by atoms with van der Waals surface area (Å²) in [6.07, 6.45) is 0. The number of rotatable bonds is 5. The number of nitriles is 1. The van der Waals surface area contributed by atoms with Gasteiger partial charge in [0.15, 0.2) is 11.5 Å². The molecule has 2 aliphatic rings. The van der Waals surface area contributed by atoms with E-state index in [-0.39, 0.29) is 30.5 Å². The third kappa shape index (κ3) is 3.86. The van der Waals surface area contributed by atoms with Crippen LogP contribution in [0.4, 0.5) is 5.69 Å². The topological polar surface area (TPSA) is 130 Å². The first kappa shape index (κ1) is 21.6. The standard InChI is InChI=1S/C24H16BrN3O6/c25-18-7-14(4-5-19(18)31-11-13-2-1-3-15(6-13)28(29)30)23-16-8-21-22(33-12-32-21)9-20(16)34-24(27)17(23)10-26/h1-9,23H,11-12,27H2/t23-/m0/s1. The molecular formula is C24H16BrN3O6. The van der Waals surface area contributed by atoms with Crippen LogP contribution in [0.5, 0.6) is 23.0 Å². The molecule has 0 aliphatic carbocycles. The maximum Gasteiger partial charge on any atom is 0.269 e. The van der Waals surface area contributed by atoms with Gasteiger partial charge in [-0.05, 0) is 45.3 Å². The Morgan fingerprint density at radius 2 is 1.94 bits per heavy atom. The molecule has 0 amide bonds. The van der Waals surface area contributed by atoms with Crippen LogP contribution >= 0.6 is 15.9 Å². The van der Waals surface area contributed by atoms with Crippen molar-refractivity contribution in [2.75, 3.05) is 6.79 Å². The van der Waals surface area contributed by atoms with E-state index < -0.39 is 10.8 Å². The lowest BCUT2D eigenvalue weighted by Crippen LogP contribution is -2.21. The van der Waals surface area contributed by atoms with E-state index in [1.54, 1.807) is 30.3 Å². The summed E-state index contributed by atoms with van der Waals surface area (Å²) in [4.78, 5) is 10.5. The third-order valence-corrected chi connectivity index (χ3v) is 6.14. The van der Waals surface area contributed by atoms with Crippen LogP contribution in [0.25, 0.3) is 0 Å². The Hall–Kier alpha value is -4.23. The zero-order chi connectivity index (χ0) is 23.8. The minimum absolute atomic E-state index is 0.00275. The van der Waals surface area contributed by atoms with Crippen LogP contribution in [0.15, 0.2) is 70.5 Å². The van der Waals surface area contributed by atoms with Crippen LogP contribution in [-0.2, 0) is 6.61 Å². The van der Waals surface area contributed by atoms with E-state index in [1.807, 2.05) is 12.1 Å².